The van der Waals surface area contributed by atoms with Crippen LogP contribution in [0.4, 0.5) is 15.8 Å². The molecule has 0 atom stereocenters. The van der Waals surface area contributed by atoms with Crippen LogP contribution in [-0.4, -0.2) is 18.4 Å². The van der Waals surface area contributed by atoms with E-state index in [0.29, 0.717) is 23.5 Å². The van der Waals surface area contributed by atoms with Gasteiger partial charge in [-0.1, -0.05) is 18.2 Å². The lowest BCUT2D eigenvalue weighted by Gasteiger charge is -2.20. The minimum Gasteiger partial charge on any atom is -0.479 e. The van der Waals surface area contributed by atoms with Crippen molar-refractivity contribution in [3.05, 3.63) is 53.8 Å². The third kappa shape index (κ3) is 3.66. The molecule has 0 fully saturated rings. The Bertz CT molecular complexity index is 744. The molecular formula is C17H15FN2O3. The number of hydrogen-bond donors (Lipinski definition) is 2. The first-order valence-corrected chi connectivity index (χ1v) is 7.22. The normalized spacial score (nSPS) is 12.8. The van der Waals surface area contributed by atoms with E-state index in [2.05, 4.69) is 10.6 Å². The number of carbonyl (C=O) groups excluding carboxylic acids is 2. The largest absolute Gasteiger partial charge is 0.479 e. The summed E-state index contributed by atoms with van der Waals surface area (Å²) < 4.78 is 18.2. The van der Waals surface area contributed by atoms with Gasteiger partial charge in [0.05, 0.1) is 11.4 Å². The summed E-state index contributed by atoms with van der Waals surface area (Å²) in [5, 5.41) is 5.46. The number of aryl methyl sites for hydroxylation is 1. The highest BCUT2D eigenvalue weighted by atomic mass is 19.1. The molecule has 6 heteroatoms. The maximum absolute atomic E-state index is 12.8. The highest BCUT2D eigenvalue weighted by molar-refractivity contribution is 5.99. The van der Waals surface area contributed by atoms with Crippen molar-refractivity contribution >= 4 is 23.2 Å². The standard InChI is InChI=1S/C17H15FN2O3/c18-12-7-4-11(5-8-12)6-9-15(21)19-13-2-1-3-14-17(13)23-10-16(22)20-14/h1-5,7-8H,6,9-10H2,(H,19,21)(H,20,22). The number of carbonyl (C=O) groups is 2. The summed E-state index contributed by atoms with van der Waals surface area (Å²) in [6, 6.07) is 11.2. The summed E-state index contributed by atoms with van der Waals surface area (Å²) in [5.74, 6) is -0.240. The highest BCUT2D eigenvalue weighted by Gasteiger charge is 2.19. The summed E-state index contributed by atoms with van der Waals surface area (Å²) in [5.41, 5.74) is 1.95. The van der Waals surface area contributed by atoms with Crippen LogP contribution in [0.1, 0.15) is 12.0 Å². The smallest absolute Gasteiger partial charge is 0.262 e. The molecule has 3 rings (SSSR count). The molecule has 0 aliphatic carbocycles. The Balaban J connectivity index is 1.63. The average Bonchev–Trinajstić information content (AvgIpc) is 2.54. The molecule has 118 valence electrons. The van der Waals surface area contributed by atoms with Crippen LogP contribution in [0.25, 0.3) is 0 Å². The number of rotatable bonds is 4. The Kier molecular flexibility index (Phi) is 4.23. The molecule has 0 saturated carbocycles. The maximum atomic E-state index is 12.8. The van der Waals surface area contributed by atoms with E-state index in [4.69, 9.17) is 4.74 Å². The molecule has 0 aromatic heterocycles. The predicted octanol–water partition coefficient (Wildman–Crippen LogP) is 2.73. The molecule has 2 aromatic carbocycles. The van der Waals surface area contributed by atoms with Crippen molar-refractivity contribution in [1.82, 2.24) is 0 Å². The van der Waals surface area contributed by atoms with Crippen molar-refractivity contribution in [1.29, 1.82) is 0 Å². The lowest BCUT2D eigenvalue weighted by Crippen LogP contribution is -2.26. The summed E-state index contributed by atoms with van der Waals surface area (Å²) in [7, 11) is 0. The van der Waals surface area contributed by atoms with Crippen molar-refractivity contribution < 1.29 is 18.7 Å². The molecule has 1 aliphatic heterocycles. The van der Waals surface area contributed by atoms with Gasteiger partial charge in [0.1, 0.15) is 5.82 Å². The second kappa shape index (κ2) is 6.48. The molecule has 2 aromatic rings. The molecule has 1 heterocycles. The minimum atomic E-state index is -0.298. The molecule has 0 bridgehead atoms. The van der Waals surface area contributed by atoms with Gasteiger partial charge in [-0.3, -0.25) is 9.59 Å². The summed E-state index contributed by atoms with van der Waals surface area (Å²) in [6.07, 6.45) is 0.778. The molecule has 23 heavy (non-hydrogen) atoms. The van der Waals surface area contributed by atoms with Crippen LogP contribution >= 0.6 is 0 Å². The number of halogens is 1. The van der Waals surface area contributed by atoms with E-state index in [-0.39, 0.29) is 30.7 Å². The van der Waals surface area contributed by atoms with Crippen LogP contribution < -0.4 is 15.4 Å². The molecule has 2 amide bonds. The van der Waals surface area contributed by atoms with Gasteiger partial charge in [0.2, 0.25) is 5.91 Å². The van der Waals surface area contributed by atoms with E-state index in [1.165, 1.54) is 12.1 Å². The minimum absolute atomic E-state index is 0.0739. The summed E-state index contributed by atoms with van der Waals surface area (Å²) in [6.45, 7) is -0.0739. The number of para-hydroxylation sites is 1. The zero-order chi connectivity index (χ0) is 16.2. The van der Waals surface area contributed by atoms with Crippen molar-refractivity contribution in [3.63, 3.8) is 0 Å². The van der Waals surface area contributed by atoms with Gasteiger partial charge in [-0.05, 0) is 36.2 Å². The first kappa shape index (κ1) is 15.0. The van der Waals surface area contributed by atoms with Crippen molar-refractivity contribution in [2.75, 3.05) is 17.2 Å². The summed E-state index contributed by atoms with van der Waals surface area (Å²) in [4.78, 5) is 23.4. The van der Waals surface area contributed by atoms with E-state index in [0.717, 1.165) is 5.56 Å². The number of benzene rings is 2. The monoisotopic (exact) mass is 314 g/mol. The second-order valence-electron chi connectivity index (χ2n) is 5.19. The predicted molar refractivity (Wildman–Crippen MR) is 83.9 cm³/mol. The highest BCUT2D eigenvalue weighted by Crippen LogP contribution is 2.35. The van der Waals surface area contributed by atoms with Gasteiger partial charge in [0, 0.05) is 6.42 Å². The molecule has 0 saturated heterocycles. The van der Waals surface area contributed by atoms with E-state index in [1.54, 1.807) is 30.3 Å². The Hall–Kier alpha value is -2.89. The van der Waals surface area contributed by atoms with Crippen molar-refractivity contribution in [3.8, 4) is 5.75 Å². The lowest BCUT2D eigenvalue weighted by molar-refractivity contribution is -0.118. The Morgan fingerprint density at radius 3 is 2.78 bits per heavy atom. The molecule has 5 nitrogen and oxygen atoms in total. The van der Waals surface area contributed by atoms with Crippen LogP contribution in [0.15, 0.2) is 42.5 Å². The van der Waals surface area contributed by atoms with Crippen molar-refractivity contribution in [2.24, 2.45) is 0 Å². The number of hydrogen-bond acceptors (Lipinski definition) is 3. The Labute approximate surface area is 132 Å². The van der Waals surface area contributed by atoms with E-state index in [9.17, 15) is 14.0 Å². The molecule has 0 unspecified atom stereocenters. The first-order chi connectivity index (χ1) is 11.1. The van der Waals surface area contributed by atoms with Gasteiger partial charge in [-0.15, -0.1) is 0 Å². The van der Waals surface area contributed by atoms with Gasteiger partial charge in [0.25, 0.3) is 5.91 Å². The van der Waals surface area contributed by atoms with E-state index >= 15 is 0 Å². The SMILES string of the molecule is O=C(CCc1ccc(F)cc1)Nc1cccc2c1OCC(=O)N2. The molecule has 1 aliphatic rings. The quantitative estimate of drug-likeness (QED) is 0.912. The van der Waals surface area contributed by atoms with Crippen LogP contribution in [0.5, 0.6) is 5.75 Å². The second-order valence-corrected chi connectivity index (χ2v) is 5.19. The number of anilines is 2. The molecular weight excluding hydrogens is 299 g/mol. The van der Waals surface area contributed by atoms with Crippen LogP contribution in [0.3, 0.4) is 0 Å². The maximum Gasteiger partial charge on any atom is 0.262 e. The Morgan fingerprint density at radius 2 is 2.00 bits per heavy atom. The van der Waals surface area contributed by atoms with Crippen molar-refractivity contribution in [2.45, 2.75) is 12.8 Å². The lowest BCUT2D eigenvalue weighted by atomic mass is 10.1. The van der Waals surface area contributed by atoms with Gasteiger partial charge in [-0.25, -0.2) is 4.39 Å². The zero-order valence-corrected chi connectivity index (χ0v) is 12.3. The topological polar surface area (TPSA) is 67.4 Å². The van der Waals surface area contributed by atoms with Crippen LogP contribution in [0, 0.1) is 5.82 Å². The summed E-state index contributed by atoms with van der Waals surface area (Å²) >= 11 is 0. The molecule has 0 radical (unpaired) electrons. The van der Waals surface area contributed by atoms with Gasteiger partial charge < -0.3 is 15.4 Å². The Morgan fingerprint density at radius 1 is 1.22 bits per heavy atom. The first-order valence-electron chi connectivity index (χ1n) is 7.22. The van der Waals surface area contributed by atoms with Gasteiger partial charge in [0.15, 0.2) is 12.4 Å². The van der Waals surface area contributed by atoms with E-state index < -0.39 is 0 Å². The zero-order valence-electron chi connectivity index (χ0n) is 12.3. The number of amides is 2. The average molecular weight is 314 g/mol. The van der Waals surface area contributed by atoms with Gasteiger partial charge in [-0.2, -0.15) is 0 Å². The fraction of sp³-hybridized carbons (Fsp3) is 0.176. The van der Waals surface area contributed by atoms with Crippen LogP contribution in [0.2, 0.25) is 0 Å². The molecule has 0 spiro atoms. The fourth-order valence-corrected chi connectivity index (χ4v) is 2.34. The fourth-order valence-electron chi connectivity index (χ4n) is 2.34. The number of ether oxygens (including phenoxy) is 1. The van der Waals surface area contributed by atoms with E-state index in [1.807, 2.05) is 0 Å². The van der Waals surface area contributed by atoms with Crippen LogP contribution in [-0.2, 0) is 16.0 Å². The number of fused-ring (bicyclic) bond motifs is 1. The third-order valence-corrected chi connectivity index (χ3v) is 3.46. The molecule has 2 N–H and O–H groups in total. The third-order valence-electron chi connectivity index (χ3n) is 3.46. The number of nitrogens with one attached hydrogen (secondary N) is 2. The van der Waals surface area contributed by atoms with Gasteiger partial charge >= 0.3 is 0 Å².